The van der Waals surface area contributed by atoms with Crippen molar-refractivity contribution in [2.75, 3.05) is 0 Å². The summed E-state index contributed by atoms with van der Waals surface area (Å²) in [5.41, 5.74) is 2.69. The minimum Gasteiger partial charge on any atom is -0.486 e. The van der Waals surface area contributed by atoms with Crippen molar-refractivity contribution in [3.63, 3.8) is 0 Å². The summed E-state index contributed by atoms with van der Waals surface area (Å²) in [5.74, 6) is -0.0190. The van der Waals surface area contributed by atoms with Crippen LogP contribution in [0.3, 0.4) is 0 Å². The van der Waals surface area contributed by atoms with Crippen LogP contribution < -0.4 is 4.74 Å². The van der Waals surface area contributed by atoms with Gasteiger partial charge in [0.15, 0.2) is 17.3 Å². The van der Waals surface area contributed by atoms with Gasteiger partial charge in [-0.3, -0.25) is 9.59 Å². The topological polar surface area (TPSA) is 43.4 Å². The molecule has 0 N–H and O–H groups in total. The molecule has 0 atom stereocenters. The number of benzene rings is 3. The third-order valence-electron chi connectivity index (χ3n) is 4.46. The van der Waals surface area contributed by atoms with Crippen LogP contribution in [0, 0.1) is 0 Å². The molecule has 1 aliphatic rings. The first-order valence-electron chi connectivity index (χ1n) is 8.60. The summed E-state index contributed by atoms with van der Waals surface area (Å²) in [6.07, 6.45) is 1.57. The number of hydrogen-bond acceptors (Lipinski definition) is 3. The largest absolute Gasteiger partial charge is 0.486 e. The molecule has 0 amide bonds. The molecule has 28 heavy (non-hydrogen) atoms. The highest BCUT2D eigenvalue weighted by atomic mass is 79.9. The van der Waals surface area contributed by atoms with Gasteiger partial charge in [-0.25, -0.2) is 0 Å². The Hall–Kier alpha value is -2.69. The first-order chi connectivity index (χ1) is 13.5. The molecule has 3 nitrogen and oxygen atoms in total. The molecular formula is C23H14BrClO3. The first-order valence-corrected chi connectivity index (χ1v) is 9.77. The molecule has 0 bridgehead atoms. The van der Waals surface area contributed by atoms with Crippen molar-refractivity contribution in [2.24, 2.45) is 0 Å². The zero-order valence-corrected chi connectivity index (χ0v) is 17.0. The van der Waals surface area contributed by atoms with Crippen molar-refractivity contribution in [2.45, 2.75) is 6.61 Å². The van der Waals surface area contributed by atoms with Crippen LogP contribution >= 0.6 is 27.5 Å². The molecule has 4 rings (SSSR count). The van der Waals surface area contributed by atoms with Crippen LogP contribution in [0.25, 0.3) is 6.08 Å². The van der Waals surface area contributed by atoms with Gasteiger partial charge in [-0.1, -0.05) is 66.2 Å². The van der Waals surface area contributed by atoms with Crippen molar-refractivity contribution in [1.82, 2.24) is 0 Å². The van der Waals surface area contributed by atoms with E-state index in [1.54, 1.807) is 42.5 Å². The number of ether oxygens (including phenoxy) is 1. The number of halogens is 2. The molecule has 1 aliphatic carbocycles. The van der Waals surface area contributed by atoms with Crippen LogP contribution in [0.5, 0.6) is 5.75 Å². The maximum Gasteiger partial charge on any atom is 0.197 e. The van der Waals surface area contributed by atoms with Gasteiger partial charge in [0.25, 0.3) is 0 Å². The Morgan fingerprint density at radius 3 is 2.11 bits per heavy atom. The summed E-state index contributed by atoms with van der Waals surface area (Å²) in [5, 5.41) is 0.396. The summed E-state index contributed by atoms with van der Waals surface area (Å²) in [6, 6.07) is 20.1. The molecule has 0 saturated heterocycles. The van der Waals surface area contributed by atoms with Crippen LogP contribution in [0.2, 0.25) is 5.02 Å². The Morgan fingerprint density at radius 1 is 0.893 bits per heavy atom. The Kier molecular flexibility index (Phi) is 5.16. The number of fused-ring (bicyclic) bond motifs is 1. The lowest BCUT2D eigenvalue weighted by atomic mass is 10.1. The predicted molar refractivity (Wildman–Crippen MR) is 113 cm³/mol. The molecule has 5 heteroatoms. The molecule has 0 radical (unpaired) electrons. The SMILES string of the molecule is O=C1C(=Cc2cc(Cl)c(OCc3ccccc3)c(Br)c2)C(=O)c2ccccc21. The van der Waals surface area contributed by atoms with E-state index >= 15 is 0 Å². The van der Waals surface area contributed by atoms with Gasteiger partial charge in [0.05, 0.1) is 15.1 Å². The van der Waals surface area contributed by atoms with E-state index in [-0.39, 0.29) is 17.1 Å². The predicted octanol–water partition coefficient (Wildman–Crippen LogP) is 6.14. The number of rotatable bonds is 4. The van der Waals surface area contributed by atoms with Gasteiger partial charge in [-0.05, 0) is 45.3 Å². The van der Waals surface area contributed by atoms with E-state index in [1.165, 1.54) is 0 Å². The third-order valence-corrected chi connectivity index (χ3v) is 5.33. The molecule has 0 unspecified atom stereocenters. The zero-order valence-electron chi connectivity index (χ0n) is 14.6. The second-order valence-corrected chi connectivity index (χ2v) is 7.61. The summed E-state index contributed by atoms with van der Waals surface area (Å²) in [7, 11) is 0. The highest BCUT2D eigenvalue weighted by molar-refractivity contribution is 9.10. The number of Topliss-reactive ketones (excluding diaryl/α,β-unsaturated/α-hetero) is 2. The molecule has 0 aliphatic heterocycles. The van der Waals surface area contributed by atoms with Crippen molar-refractivity contribution >= 4 is 45.2 Å². The van der Waals surface area contributed by atoms with E-state index in [2.05, 4.69) is 15.9 Å². The highest BCUT2D eigenvalue weighted by Gasteiger charge is 2.32. The molecular weight excluding hydrogens is 440 g/mol. The Bertz CT molecular complexity index is 1060. The normalized spacial score (nSPS) is 12.9. The van der Waals surface area contributed by atoms with E-state index in [9.17, 15) is 9.59 Å². The Morgan fingerprint density at radius 2 is 1.50 bits per heavy atom. The Balaban J connectivity index is 1.61. The highest BCUT2D eigenvalue weighted by Crippen LogP contribution is 2.36. The maximum atomic E-state index is 12.5. The van der Waals surface area contributed by atoms with E-state index in [4.69, 9.17) is 16.3 Å². The summed E-state index contributed by atoms with van der Waals surface area (Å²) >= 11 is 9.87. The quantitative estimate of drug-likeness (QED) is 0.352. The van der Waals surface area contributed by atoms with Gasteiger partial charge in [-0.15, -0.1) is 0 Å². The van der Waals surface area contributed by atoms with Crippen LogP contribution in [0.15, 0.2) is 76.8 Å². The zero-order chi connectivity index (χ0) is 19.7. The molecule has 3 aromatic rings. The number of ketones is 2. The average Bonchev–Trinajstić information content (AvgIpc) is 2.93. The minimum absolute atomic E-state index is 0.141. The summed E-state index contributed by atoms with van der Waals surface area (Å²) < 4.78 is 6.49. The standard InChI is InChI=1S/C23H14BrClO3/c24-19-11-15(10-18-21(26)16-8-4-5-9-17(16)22(18)27)12-20(25)23(19)28-13-14-6-2-1-3-7-14/h1-12H,13H2. The van der Waals surface area contributed by atoms with Crippen LogP contribution in [0.1, 0.15) is 31.8 Å². The lowest BCUT2D eigenvalue weighted by Gasteiger charge is -2.11. The first kappa shape index (κ1) is 18.7. The van der Waals surface area contributed by atoms with E-state index < -0.39 is 0 Å². The molecule has 0 spiro atoms. The van der Waals surface area contributed by atoms with Gasteiger partial charge < -0.3 is 4.74 Å². The fourth-order valence-electron chi connectivity index (χ4n) is 3.10. The van der Waals surface area contributed by atoms with Gasteiger partial charge in [0, 0.05) is 11.1 Å². The van der Waals surface area contributed by atoms with Crippen LogP contribution in [0.4, 0.5) is 0 Å². The molecule has 0 heterocycles. The molecule has 0 aromatic heterocycles. The van der Waals surface area contributed by atoms with Crippen LogP contribution in [-0.4, -0.2) is 11.6 Å². The van der Waals surface area contributed by atoms with E-state index in [0.29, 0.717) is 38.5 Å². The number of carbonyl (C=O) groups excluding carboxylic acids is 2. The third kappa shape index (κ3) is 3.53. The summed E-state index contributed by atoms with van der Waals surface area (Å²) in [6.45, 7) is 0.381. The fraction of sp³-hybridized carbons (Fsp3) is 0.0435. The van der Waals surface area contributed by atoms with Crippen molar-refractivity contribution in [1.29, 1.82) is 0 Å². The van der Waals surface area contributed by atoms with Gasteiger partial charge in [0.1, 0.15) is 6.61 Å². The average molecular weight is 454 g/mol. The van der Waals surface area contributed by atoms with Crippen LogP contribution in [-0.2, 0) is 6.61 Å². The second kappa shape index (κ2) is 7.74. The molecule has 138 valence electrons. The smallest absolute Gasteiger partial charge is 0.197 e. The molecule has 3 aromatic carbocycles. The second-order valence-electron chi connectivity index (χ2n) is 6.35. The molecule has 0 fully saturated rings. The fourth-order valence-corrected chi connectivity index (χ4v) is 4.09. The maximum absolute atomic E-state index is 12.5. The van der Waals surface area contributed by atoms with Gasteiger partial charge in [-0.2, -0.15) is 0 Å². The lowest BCUT2D eigenvalue weighted by Crippen LogP contribution is -2.00. The number of hydrogen-bond donors (Lipinski definition) is 0. The lowest BCUT2D eigenvalue weighted by molar-refractivity contribution is 0.0990. The minimum atomic E-state index is -0.266. The van der Waals surface area contributed by atoms with Crippen molar-refractivity contribution in [3.05, 3.63) is 104 Å². The number of allylic oxidation sites excluding steroid dienone is 1. The van der Waals surface area contributed by atoms with E-state index in [0.717, 1.165) is 5.56 Å². The Labute approximate surface area is 175 Å². The van der Waals surface area contributed by atoms with Gasteiger partial charge in [0.2, 0.25) is 0 Å². The van der Waals surface area contributed by atoms with Gasteiger partial charge >= 0.3 is 0 Å². The number of carbonyl (C=O) groups is 2. The van der Waals surface area contributed by atoms with Crippen molar-refractivity contribution < 1.29 is 14.3 Å². The van der Waals surface area contributed by atoms with E-state index in [1.807, 2.05) is 30.3 Å². The summed E-state index contributed by atoms with van der Waals surface area (Å²) in [4.78, 5) is 25.1. The monoisotopic (exact) mass is 452 g/mol. The van der Waals surface area contributed by atoms with Crippen molar-refractivity contribution in [3.8, 4) is 5.75 Å². The molecule has 0 saturated carbocycles.